The highest BCUT2D eigenvalue weighted by Gasteiger charge is 1.94. The van der Waals surface area contributed by atoms with Crippen LogP contribution in [0.3, 0.4) is 0 Å². The molecule has 28 heavy (non-hydrogen) atoms. The molecule has 0 aliphatic rings. The Hall–Kier alpha value is -0.0400. The van der Waals surface area contributed by atoms with Crippen molar-refractivity contribution in [3.8, 4) is 0 Å². The monoisotopic (exact) mass is 397 g/mol. The zero-order valence-corrected chi connectivity index (χ0v) is 21.0. The summed E-state index contributed by atoms with van der Waals surface area (Å²) in [7, 11) is 4.24. The molecule has 0 aromatic rings. The number of unbranched alkanes of at least 4 members (excludes halogenated alkanes) is 19. The SMILES string of the molecule is CCCCCCCCCCCCCCCCCCCC.CCCCCN(C)C. The molecule has 1 heteroatoms. The van der Waals surface area contributed by atoms with E-state index in [0.717, 1.165) is 0 Å². The summed E-state index contributed by atoms with van der Waals surface area (Å²) in [4.78, 5) is 2.23. The van der Waals surface area contributed by atoms with E-state index in [1.165, 1.54) is 141 Å². The van der Waals surface area contributed by atoms with E-state index in [4.69, 9.17) is 0 Å². The van der Waals surface area contributed by atoms with Gasteiger partial charge in [-0.15, -0.1) is 0 Å². The van der Waals surface area contributed by atoms with Crippen LogP contribution in [0.2, 0.25) is 0 Å². The van der Waals surface area contributed by atoms with Gasteiger partial charge in [0.05, 0.1) is 0 Å². The molecule has 0 fully saturated rings. The van der Waals surface area contributed by atoms with Gasteiger partial charge in [0.2, 0.25) is 0 Å². The van der Waals surface area contributed by atoms with Crippen molar-refractivity contribution < 1.29 is 0 Å². The minimum Gasteiger partial charge on any atom is -0.309 e. The van der Waals surface area contributed by atoms with Crippen LogP contribution in [-0.2, 0) is 0 Å². The third-order valence-electron chi connectivity index (χ3n) is 5.67. The van der Waals surface area contributed by atoms with Crippen LogP contribution >= 0.6 is 0 Å². The van der Waals surface area contributed by atoms with Crippen molar-refractivity contribution in [2.45, 2.75) is 156 Å². The van der Waals surface area contributed by atoms with Crippen LogP contribution in [0.5, 0.6) is 0 Å². The smallest absolute Gasteiger partial charge is 0.00248 e. The van der Waals surface area contributed by atoms with Crippen LogP contribution in [0.15, 0.2) is 0 Å². The van der Waals surface area contributed by atoms with Gasteiger partial charge in [0.25, 0.3) is 0 Å². The van der Waals surface area contributed by atoms with Crippen molar-refractivity contribution in [1.82, 2.24) is 4.90 Å². The fourth-order valence-corrected chi connectivity index (χ4v) is 3.65. The van der Waals surface area contributed by atoms with Gasteiger partial charge in [-0.25, -0.2) is 0 Å². The van der Waals surface area contributed by atoms with E-state index in [0.29, 0.717) is 0 Å². The zero-order valence-electron chi connectivity index (χ0n) is 21.0. The van der Waals surface area contributed by atoms with Gasteiger partial charge in [0.15, 0.2) is 0 Å². The van der Waals surface area contributed by atoms with Gasteiger partial charge in [-0.1, -0.05) is 149 Å². The first kappa shape index (κ1) is 30.2. The molecule has 0 bridgehead atoms. The van der Waals surface area contributed by atoms with E-state index in [-0.39, 0.29) is 0 Å². The van der Waals surface area contributed by atoms with Crippen LogP contribution < -0.4 is 0 Å². The Kier molecular flexibility index (Phi) is 31.4. The predicted octanol–water partition coefficient (Wildman–Crippen LogP) is 9.79. The molecule has 0 rings (SSSR count). The molecule has 0 saturated heterocycles. The molecule has 0 heterocycles. The summed E-state index contributed by atoms with van der Waals surface area (Å²) in [6, 6.07) is 0. The van der Waals surface area contributed by atoms with Crippen molar-refractivity contribution in [3.05, 3.63) is 0 Å². The van der Waals surface area contributed by atoms with E-state index in [9.17, 15) is 0 Å². The van der Waals surface area contributed by atoms with Crippen molar-refractivity contribution in [2.75, 3.05) is 20.6 Å². The molecule has 0 aromatic carbocycles. The fourth-order valence-electron chi connectivity index (χ4n) is 3.65. The molecule has 0 aliphatic carbocycles. The summed E-state index contributed by atoms with van der Waals surface area (Å²) in [6.07, 6.45) is 30.5. The quantitative estimate of drug-likeness (QED) is 0.174. The largest absolute Gasteiger partial charge is 0.309 e. The molecule has 0 N–H and O–H groups in total. The molecule has 0 spiro atoms. The summed E-state index contributed by atoms with van der Waals surface area (Å²) in [6.45, 7) is 8.07. The third-order valence-corrected chi connectivity index (χ3v) is 5.67. The van der Waals surface area contributed by atoms with Crippen molar-refractivity contribution in [2.24, 2.45) is 0 Å². The molecule has 0 atom stereocenters. The van der Waals surface area contributed by atoms with Crippen LogP contribution in [0.1, 0.15) is 156 Å². The highest BCUT2D eigenvalue weighted by atomic mass is 15.0. The predicted molar refractivity (Wildman–Crippen MR) is 133 cm³/mol. The van der Waals surface area contributed by atoms with Gasteiger partial charge in [0.1, 0.15) is 0 Å². The van der Waals surface area contributed by atoms with E-state index < -0.39 is 0 Å². The number of hydrogen-bond acceptors (Lipinski definition) is 1. The second-order valence-corrected chi connectivity index (χ2v) is 9.17. The minimum absolute atomic E-state index is 1.24. The maximum atomic E-state index is 2.30. The Morgan fingerprint density at radius 1 is 0.321 bits per heavy atom. The average Bonchev–Trinajstić information content (AvgIpc) is 2.68. The summed E-state index contributed by atoms with van der Waals surface area (Å²) < 4.78 is 0. The summed E-state index contributed by atoms with van der Waals surface area (Å²) >= 11 is 0. The highest BCUT2D eigenvalue weighted by molar-refractivity contribution is 4.50. The van der Waals surface area contributed by atoms with E-state index >= 15 is 0 Å². The Morgan fingerprint density at radius 3 is 0.750 bits per heavy atom. The maximum Gasteiger partial charge on any atom is -0.00248 e. The van der Waals surface area contributed by atoms with Gasteiger partial charge in [-0.2, -0.15) is 0 Å². The summed E-state index contributed by atoms with van der Waals surface area (Å²) in [5.74, 6) is 0. The molecule has 0 aliphatic heterocycles. The van der Waals surface area contributed by atoms with Gasteiger partial charge in [-0.05, 0) is 27.1 Å². The average molecular weight is 398 g/mol. The summed E-state index contributed by atoms with van der Waals surface area (Å²) in [5, 5.41) is 0. The zero-order chi connectivity index (χ0) is 21.1. The van der Waals surface area contributed by atoms with E-state index in [2.05, 4.69) is 39.8 Å². The first-order valence-corrected chi connectivity index (χ1v) is 13.3. The number of rotatable bonds is 21. The first-order chi connectivity index (χ1) is 13.7. The molecule has 0 unspecified atom stereocenters. The number of hydrogen-bond donors (Lipinski definition) is 0. The second kappa shape index (κ2) is 29.2. The Labute approximate surface area is 181 Å². The van der Waals surface area contributed by atoms with Crippen molar-refractivity contribution in [1.29, 1.82) is 0 Å². The highest BCUT2D eigenvalue weighted by Crippen LogP contribution is 2.14. The Bertz CT molecular complexity index is 218. The van der Waals surface area contributed by atoms with Gasteiger partial charge >= 0.3 is 0 Å². The fraction of sp³-hybridized carbons (Fsp3) is 1.00. The maximum absolute atomic E-state index is 2.30. The lowest BCUT2D eigenvalue weighted by atomic mass is 10.0. The van der Waals surface area contributed by atoms with Crippen LogP contribution in [-0.4, -0.2) is 25.5 Å². The van der Waals surface area contributed by atoms with Crippen LogP contribution in [0.4, 0.5) is 0 Å². The molecule has 0 amide bonds. The second-order valence-electron chi connectivity index (χ2n) is 9.17. The molecular formula is C27H59N. The van der Waals surface area contributed by atoms with Crippen molar-refractivity contribution >= 4 is 0 Å². The van der Waals surface area contributed by atoms with Crippen LogP contribution in [0.25, 0.3) is 0 Å². The molecular weight excluding hydrogens is 338 g/mol. The lowest BCUT2D eigenvalue weighted by Crippen LogP contribution is -2.12. The normalized spacial score (nSPS) is 10.9. The molecule has 1 nitrogen and oxygen atoms in total. The lowest BCUT2D eigenvalue weighted by Gasteiger charge is -2.06. The van der Waals surface area contributed by atoms with E-state index in [1.54, 1.807) is 0 Å². The Morgan fingerprint density at radius 2 is 0.536 bits per heavy atom. The van der Waals surface area contributed by atoms with Gasteiger partial charge < -0.3 is 4.90 Å². The molecule has 172 valence electrons. The van der Waals surface area contributed by atoms with Crippen molar-refractivity contribution in [3.63, 3.8) is 0 Å². The third kappa shape index (κ3) is 33.5. The Balaban J connectivity index is 0. The van der Waals surface area contributed by atoms with Gasteiger partial charge in [-0.3, -0.25) is 0 Å². The molecule has 0 saturated carbocycles. The van der Waals surface area contributed by atoms with Gasteiger partial charge in [0, 0.05) is 0 Å². The van der Waals surface area contributed by atoms with Crippen LogP contribution in [0, 0.1) is 0 Å². The number of nitrogens with zero attached hydrogens (tertiary/aromatic N) is 1. The standard InChI is InChI=1S/C20H42.C7H17N/c1-3-5-7-9-11-13-15-17-19-20-18-16-14-12-10-8-6-4-2;1-4-5-6-7-8(2)3/h3-20H2,1-2H3;4-7H2,1-3H3. The summed E-state index contributed by atoms with van der Waals surface area (Å²) in [5.41, 5.74) is 0. The molecule has 0 aromatic heterocycles. The minimum atomic E-state index is 1.24. The lowest BCUT2D eigenvalue weighted by molar-refractivity contribution is 0.393. The first-order valence-electron chi connectivity index (χ1n) is 13.3. The topological polar surface area (TPSA) is 3.24 Å². The van der Waals surface area contributed by atoms with E-state index in [1.807, 2.05) is 0 Å². The molecule has 0 radical (unpaired) electrons.